The molecule has 0 bridgehead atoms. The van der Waals surface area contributed by atoms with Crippen LogP contribution in [0.25, 0.3) is 0 Å². The fourth-order valence-electron chi connectivity index (χ4n) is 3.59. The Morgan fingerprint density at radius 1 is 1.36 bits per heavy atom. The van der Waals surface area contributed by atoms with Crippen LogP contribution in [0.15, 0.2) is 23.1 Å². The minimum absolute atomic E-state index is 0.00181. The van der Waals surface area contributed by atoms with E-state index in [1.165, 1.54) is 22.5 Å². The number of aliphatic carboxylic acids is 1. The second-order valence-corrected chi connectivity index (χ2v) is 8.67. The topological polar surface area (TPSA) is 74.7 Å². The van der Waals surface area contributed by atoms with Gasteiger partial charge < -0.3 is 5.11 Å². The summed E-state index contributed by atoms with van der Waals surface area (Å²) in [5.74, 6) is -1.05. The van der Waals surface area contributed by atoms with Crippen molar-refractivity contribution in [3.05, 3.63) is 28.2 Å². The largest absolute Gasteiger partial charge is 0.481 e. The van der Waals surface area contributed by atoms with Gasteiger partial charge in [0, 0.05) is 18.1 Å². The predicted molar refractivity (Wildman–Crippen MR) is 82.6 cm³/mol. The molecule has 1 aliphatic carbocycles. The lowest BCUT2D eigenvalue weighted by Gasteiger charge is -2.23. The van der Waals surface area contributed by atoms with E-state index in [4.69, 9.17) is 23.2 Å². The molecule has 2 atom stereocenters. The molecule has 120 valence electrons. The van der Waals surface area contributed by atoms with Gasteiger partial charge in [0.1, 0.15) is 4.90 Å². The van der Waals surface area contributed by atoms with Gasteiger partial charge in [0.05, 0.1) is 10.4 Å². The average Bonchev–Trinajstić information content (AvgIpc) is 2.99. The number of halogens is 2. The highest BCUT2D eigenvalue weighted by Crippen LogP contribution is 2.50. The number of benzene rings is 1. The van der Waals surface area contributed by atoms with E-state index in [1.54, 1.807) is 0 Å². The van der Waals surface area contributed by atoms with E-state index in [2.05, 4.69) is 0 Å². The molecule has 2 fully saturated rings. The van der Waals surface area contributed by atoms with Gasteiger partial charge in [-0.05, 0) is 37.0 Å². The second kappa shape index (κ2) is 5.37. The van der Waals surface area contributed by atoms with Crippen molar-refractivity contribution in [2.24, 2.45) is 11.3 Å². The van der Waals surface area contributed by atoms with Crippen LogP contribution in [-0.2, 0) is 14.8 Å². The molecule has 0 aromatic heterocycles. The normalized spacial score (nSPS) is 28.7. The second-order valence-electron chi connectivity index (χ2n) is 5.92. The molecule has 22 heavy (non-hydrogen) atoms. The van der Waals surface area contributed by atoms with Crippen molar-refractivity contribution >= 4 is 39.2 Å². The molecule has 1 aromatic carbocycles. The summed E-state index contributed by atoms with van der Waals surface area (Å²) in [6.45, 7) is 0.218. The molecular weight excluding hydrogens is 349 g/mol. The third-order valence-electron chi connectivity index (χ3n) is 4.78. The maximum absolute atomic E-state index is 12.8. The minimum atomic E-state index is -3.85. The van der Waals surface area contributed by atoms with Gasteiger partial charge in [-0.25, -0.2) is 8.42 Å². The van der Waals surface area contributed by atoms with Gasteiger partial charge in [0.25, 0.3) is 0 Å². The molecule has 1 saturated carbocycles. The monoisotopic (exact) mass is 363 g/mol. The molecule has 1 saturated heterocycles. The molecule has 8 heteroatoms. The van der Waals surface area contributed by atoms with Crippen LogP contribution < -0.4 is 0 Å². The summed E-state index contributed by atoms with van der Waals surface area (Å²) in [7, 11) is -3.85. The third kappa shape index (κ3) is 2.33. The molecule has 3 rings (SSSR count). The van der Waals surface area contributed by atoms with Crippen LogP contribution in [-0.4, -0.2) is 36.9 Å². The summed E-state index contributed by atoms with van der Waals surface area (Å²) in [6.07, 6.45) is 2.08. The summed E-state index contributed by atoms with van der Waals surface area (Å²) in [5, 5.41) is 9.92. The first-order valence-corrected chi connectivity index (χ1v) is 9.15. The van der Waals surface area contributed by atoms with Crippen molar-refractivity contribution in [2.45, 2.75) is 24.2 Å². The van der Waals surface area contributed by atoms with Crippen molar-refractivity contribution in [1.82, 2.24) is 4.31 Å². The molecule has 1 heterocycles. The summed E-state index contributed by atoms with van der Waals surface area (Å²) < 4.78 is 26.8. The van der Waals surface area contributed by atoms with E-state index < -0.39 is 21.4 Å². The quantitative estimate of drug-likeness (QED) is 0.895. The van der Waals surface area contributed by atoms with E-state index in [9.17, 15) is 18.3 Å². The van der Waals surface area contributed by atoms with Gasteiger partial charge in [-0.3, -0.25) is 4.79 Å². The molecule has 0 amide bonds. The highest BCUT2D eigenvalue weighted by Gasteiger charge is 2.57. The Balaban J connectivity index is 1.98. The van der Waals surface area contributed by atoms with Gasteiger partial charge in [0.15, 0.2) is 0 Å². The molecule has 1 aliphatic heterocycles. The molecule has 0 radical (unpaired) electrons. The van der Waals surface area contributed by atoms with Crippen LogP contribution in [0.1, 0.15) is 19.3 Å². The van der Waals surface area contributed by atoms with E-state index in [1.807, 2.05) is 0 Å². The van der Waals surface area contributed by atoms with Gasteiger partial charge in [-0.2, -0.15) is 4.31 Å². The molecule has 2 aliphatic rings. The lowest BCUT2D eigenvalue weighted by atomic mass is 9.81. The summed E-state index contributed by atoms with van der Waals surface area (Å²) in [5.41, 5.74) is -0.960. The first kappa shape index (κ1) is 16.1. The number of rotatable bonds is 3. The minimum Gasteiger partial charge on any atom is -0.481 e. The summed E-state index contributed by atoms with van der Waals surface area (Å²) >= 11 is 11.9. The van der Waals surface area contributed by atoms with Gasteiger partial charge >= 0.3 is 5.97 Å². The average molecular weight is 364 g/mol. The SMILES string of the molecule is O=C(O)[C@@]12CCC[C@H]1CN(S(=O)(=O)c1cc(Cl)ccc1Cl)C2. The smallest absolute Gasteiger partial charge is 0.311 e. The predicted octanol–water partition coefficient (Wildman–Crippen LogP) is 2.87. The zero-order valence-electron chi connectivity index (χ0n) is 11.6. The van der Waals surface area contributed by atoms with Crippen LogP contribution in [0.4, 0.5) is 0 Å². The number of carbonyl (C=O) groups is 1. The maximum Gasteiger partial charge on any atom is 0.311 e. The summed E-state index contributed by atoms with van der Waals surface area (Å²) in [6, 6.07) is 4.25. The number of hydrogen-bond acceptors (Lipinski definition) is 3. The highest BCUT2D eigenvalue weighted by molar-refractivity contribution is 7.89. The van der Waals surface area contributed by atoms with Crippen LogP contribution in [0, 0.1) is 11.3 Å². The number of sulfonamides is 1. The van der Waals surface area contributed by atoms with Crippen LogP contribution in [0.3, 0.4) is 0 Å². The molecule has 0 spiro atoms. The lowest BCUT2D eigenvalue weighted by Crippen LogP contribution is -2.37. The Labute approximate surface area is 138 Å². The van der Waals surface area contributed by atoms with Crippen LogP contribution in [0.2, 0.25) is 10.0 Å². The first-order valence-electron chi connectivity index (χ1n) is 6.96. The zero-order valence-corrected chi connectivity index (χ0v) is 14.0. The van der Waals surface area contributed by atoms with Crippen molar-refractivity contribution in [2.75, 3.05) is 13.1 Å². The number of hydrogen-bond donors (Lipinski definition) is 1. The van der Waals surface area contributed by atoms with Crippen LogP contribution in [0.5, 0.6) is 0 Å². The van der Waals surface area contributed by atoms with Crippen molar-refractivity contribution < 1.29 is 18.3 Å². The zero-order chi connectivity index (χ0) is 16.1. The Morgan fingerprint density at radius 3 is 2.73 bits per heavy atom. The van der Waals surface area contributed by atoms with Gasteiger partial charge in [-0.15, -0.1) is 0 Å². The standard InChI is InChI=1S/C14H15Cl2NO4S/c15-10-3-4-11(16)12(6-10)22(20,21)17-7-9-2-1-5-14(9,8-17)13(18)19/h3-4,6,9H,1-2,5,7-8H2,(H,18,19)/t9-,14+/m0/s1. The Morgan fingerprint density at radius 2 is 2.09 bits per heavy atom. The highest BCUT2D eigenvalue weighted by atomic mass is 35.5. The van der Waals surface area contributed by atoms with E-state index >= 15 is 0 Å². The Kier molecular flexibility index (Phi) is 3.92. The molecule has 1 N–H and O–H groups in total. The van der Waals surface area contributed by atoms with Crippen molar-refractivity contribution in [1.29, 1.82) is 0 Å². The number of fused-ring (bicyclic) bond motifs is 1. The van der Waals surface area contributed by atoms with Gasteiger partial charge in [0.2, 0.25) is 10.0 Å². The molecule has 5 nitrogen and oxygen atoms in total. The number of carboxylic acids is 1. The first-order chi connectivity index (χ1) is 10.3. The molecule has 1 aromatic rings. The van der Waals surface area contributed by atoms with E-state index in [0.29, 0.717) is 6.42 Å². The number of nitrogens with zero attached hydrogens (tertiary/aromatic N) is 1. The van der Waals surface area contributed by atoms with E-state index in [-0.39, 0.29) is 33.9 Å². The fraction of sp³-hybridized carbons (Fsp3) is 0.500. The fourth-order valence-corrected chi connectivity index (χ4v) is 5.88. The van der Waals surface area contributed by atoms with Crippen LogP contribution >= 0.6 is 23.2 Å². The molecular formula is C14H15Cl2NO4S. The number of carboxylic acid groups (broad SMARTS) is 1. The maximum atomic E-state index is 12.8. The van der Waals surface area contributed by atoms with E-state index in [0.717, 1.165) is 12.8 Å². The Hall–Kier alpha value is -0.820. The molecule has 0 unspecified atom stereocenters. The van der Waals surface area contributed by atoms with Crippen molar-refractivity contribution in [3.8, 4) is 0 Å². The lowest BCUT2D eigenvalue weighted by molar-refractivity contribution is -0.149. The van der Waals surface area contributed by atoms with Crippen molar-refractivity contribution in [3.63, 3.8) is 0 Å². The third-order valence-corrected chi connectivity index (χ3v) is 7.30. The summed E-state index contributed by atoms with van der Waals surface area (Å²) in [4.78, 5) is 11.6. The Bertz CT molecular complexity index is 736. The van der Waals surface area contributed by atoms with Gasteiger partial charge in [-0.1, -0.05) is 29.6 Å².